The number of benzene rings is 1. The zero-order chi connectivity index (χ0) is 24.2. The van der Waals surface area contributed by atoms with Gasteiger partial charge in [0, 0.05) is 30.4 Å². The van der Waals surface area contributed by atoms with Crippen molar-refractivity contribution in [3.63, 3.8) is 0 Å². The third-order valence-electron chi connectivity index (χ3n) is 4.89. The van der Waals surface area contributed by atoms with Crippen LogP contribution in [0.3, 0.4) is 0 Å². The first-order valence-corrected chi connectivity index (χ1v) is 10.4. The fourth-order valence-corrected chi connectivity index (χ4v) is 3.49. The third-order valence-corrected chi connectivity index (χ3v) is 5.14. The molecule has 1 aromatic carbocycles. The van der Waals surface area contributed by atoms with Crippen LogP contribution in [-0.2, 0) is 11.0 Å². The fraction of sp³-hybridized carbons (Fsp3) is 0.381. The van der Waals surface area contributed by atoms with Crippen LogP contribution in [0.4, 0.5) is 24.7 Å². The molecule has 2 aromatic rings. The van der Waals surface area contributed by atoms with Gasteiger partial charge in [-0.3, -0.25) is 4.79 Å². The van der Waals surface area contributed by atoms with Crippen molar-refractivity contribution in [2.45, 2.75) is 25.6 Å². The summed E-state index contributed by atoms with van der Waals surface area (Å²) in [6, 6.07) is 3.20. The van der Waals surface area contributed by atoms with Crippen LogP contribution in [-0.4, -0.2) is 52.4 Å². The van der Waals surface area contributed by atoms with Crippen LogP contribution in [0.25, 0.3) is 0 Å². The standard InChI is InChI=1S/C21H22ClF3N4O4/c1-2-33-17-9-13(3-4-14(17)21(23,24)25)27-20(32)12-5-7-29(8-6-12)19-18(22)28-15(10-26-19)16(31)11-30/h3-5,9-10,16,30-31H,2,6-8,11H2,1H3,(H,27,32)/t16-/m1/s1. The number of halogens is 4. The van der Waals surface area contributed by atoms with E-state index in [4.69, 9.17) is 21.4 Å². The van der Waals surface area contributed by atoms with Gasteiger partial charge in [-0.1, -0.05) is 17.7 Å². The maximum absolute atomic E-state index is 13.1. The number of aliphatic hydroxyl groups excluding tert-OH is 2. The van der Waals surface area contributed by atoms with E-state index in [0.717, 1.165) is 12.1 Å². The van der Waals surface area contributed by atoms with Gasteiger partial charge in [-0.2, -0.15) is 13.2 Å². The van der Waals surface area contributed by atoms with Gasteiger partial charge in [-0.25, -0.2) is 9.97 Å². The summed E-state index contributed by atoms with van der Waals surface area (Å²) >= 11 is 6.16. The lowest BCUT2D eigenvalue weighted by Crippen LogP contribution is -2.32. The van der Waals surface area contributed by atoms with Crippen LogP contribution in [0.15, 0.2) is 36.0 Å². The zero-order valence-corrected chi connectivity index (χ0v) is 18.3. The monoisotopic (exact) mass is 486 g/mol. The minimum Gasteiger partial charge on any atom is -0.493 e. The van der Waals surface area contributed by atoms with Crippen molar-refractivity contribution in [3.05, 3.63) is 52.5 Å². The second-order valence-corrected chi connectivity index (χ2v) is 7.49. The number of carbonyl (C=O) groups excluding carboxylic acids is 1. The summed E-state index contributed by atoms with van der Waals surface area (Å²) in [5, 5.41) is 21.3. The Morgan fingerprint density at radius 1 is 1.39 bits per heavy atom. The Balaban J connectivity index is 1.69. The largest absolute Gasteiger partial charge is 0.493 e. The average molecular weight is 487 g/mol. The Bertz CT molecular complexity index is 1050. The van der Waals surface area contributed by atoms with Crippen molar-refractivity contribution in [1.82, 2.24) is 9.97 Å². The molecule has 0 spiro atoms. The van der Waals surface area contributed by atoms with Crippen LogP contribution >= 0.6 is 11.6 Å². The number of aromatic nitrogens is 2. The van der Waals surface area contributed by atoms with Crippen LogP contribution < -0.4 is 15.0 Å². The molecule has 1 aliphatic rings. The predicted molar refractivity (Wildman–Crippen MR) is 115 cm³/mol. The molecule has 1 aromatic heterocycles. The Morgan fingerprint density at radius 2 is 2.15 bits per heavy atom. The van der Waals surface area contributed by atoms with E-state index >= 15 is 0 Å². The second-order valence-electron chi connectivity index (χ2n) is 7.13. The van der Waals surface area contributed by atoms with Gasteiger partial charge in [-0.15, -0.1) is 0 Å². The molecule has 33 heavy (non-hydrogen) atoms. The SMILES string of the molecule is CCOc1cc(NC(=O)C2=CCN(c3ncc([C@H](O)CO)nc3Cl)CC2)ccc1C(F)(F)F. The minimum atomic E-state index is -4.57. The minimum absolute atomic E-state index is 0.0485. The number of nitrogens with zero attached hydrogens (tertiary/aromatic N) is 3. The van der Waals surface area contributed by atoms with E-state index in [2.05, 4.69) is 15.3 Å². The first-order chi connectivity index (χ1) is 15.6. The van der Waals surface area contributed by atoms with E-state index in [1.807, 2.05) is 0 Å². The van der Waals surface area contributed by atoms with Crippen LogP contribution in [0.2, 0.25) is 5.15 Å². The van der Waals surface area contributed by atoms with Crippen LogP contribution in [0.5, 0.6) is 5.75 Å². The first kappa shape index (κ1) is 24.7. The number of carbonyl (C=O) groups is 1. The highest BCUT2D eigenvalue weighted by Crippen LogP contribution is 2.38. The van der Waals surface area contributed by atoms with Crippen molar-refractivity contribution >= 4 is 29.0 Å². The molecule has 3 N–H and O–H groups in total. The van der Waals surface area contributed by atoms with E-state index in [0.29, 0.717) is 30.9 Å². The number of alkyl halides is 3. The lowest BCUT2D eigenvalue weighted by atomic mass is 10.1. The maximum atomic E-state index is 13.1. The molecule has 0 fully saturated rings. The molecule has 0 saturated heterocycles. The number of nitrogens with one attached hydrogen (secondary N) is 1. The predicted octanol–water partition coefficient (Wildman–Crippen LogP) is 3.35. The van der Waals surface area contributed by atoms with E-state index < -0.39 is 30.4 Å². The number of ether oxygens (including phenoxy) is 1. The molecule has 0 radical (unpaired) electrons. The van der Waals surface area contributed by atoms with Crippen LogP contribution in [0, 0.1) is 0 Å². The summed E-state index contributed by atoms with van der Waals surface area (Å²) in [7, 11) is 0. The lowest BCUT2D eigenvalue weighted by Gasteiger charge is -2.27. The summed E-state index contributed by atoms with van der Waals surface area (Å²) in [6.07, 6.45) is -2.44. The molecular formula is C21H22ClF3N4O4. The second kappa shape index (κ2) is 10.4. The Morgan fingerprint density at radius 3 is 2.73 bits per heavy atom. The molecule has 8 nitrogen and oxygen atoms in total. The maximum Gasteiger partial charge on any atom is 0.419 e. The quantitative estimate of drug-likeness (QED) is 0.551. The van der Waals surface area contributed by atoms with Gasteiger partial charge in [0.2, 0.25) is 0 Å². The normalized spacial score (nSPS) is 15.1. The number of anilines is 2. The number of hydrogen-bond donors (Lipinski definition) is 3. The Kier molecular flexibility index (Phi) is 7.77. The molecule has 0 unspecified atom stereocenters. The Labute approximate surface area is 192 Å². The number of rotatable bonds is 7. The molecule has 12 heteroatoms. The van der Waals surface area contributed by atoms with Crippen LogP contribution in [0.1, 0.15) is 30.7 Å². The molecule has 3 rings (SSSR count). The number of hydrogen-bond acceptors (Lipinski definition) is 7. The van der Waals surface area contributed by atoms with Crippen molar-refractivity contribution in [2.75, 3.05) is 36.5 Å². The Hall–Kier alpha value is -2.89. The topological polar surface area (TPSA) is 108 Å². The molecule has 178 valence electrons. The highest BCUT2D eigenvalue weighted by atomic mass is 35.5. The molecular weight excluding hydrogens is 465 g/mol. The van der Waals surface area contributed by atoms with Crippen molar-refractivity contribution in [1.29, 1.82) is 0 Å². The number of amides is 1. The number of aliphatic hydroxyl groups is 2. The molecule has 0 saturated carbocycles. The summed E-state index contributed by atoms with van der Waals surface area (Å²) in [6.45, 7) is 1.80. The van der Waals surface area contributed by atoms with E-state index in [9.17, 15) is 23.1 Å². The van der Waals surface area contributed by atoms with Gasteiger partial charge in [0.15, 0.2) is 11.0 Å². The summed E-state index contributed by atoms with van der Waals surface area (Å²) in [5.41, 5.74) is -0.126. The lowest BCUT2D eigenvalue weighted by molar-refractivity contribution is -0.138. The van der Waals surface area contributed by atoms with Gasteiger partial charge in [0.1, 0.15) is 11.9 Å². The van der Waals surface area contributed by atoms with Gasteiger partial charge >= 0.3 is 6.18 Å². The van der Waals surface area contributed by atoms with Gasteiger partial charge in [0.25, 0.3) is 5.91 Å². The molecule has 0 bridgehead atoms. The van der Waals surface area contributed by atoms with Crippen molar-refractivity contribution in [2.24, 2.45) is 0 Å². The summed E-state index contributed by atoms with van der Waals surface area (Å²) in [5.74, 6) is -0.421. The van der Waals surface area contributed by atoms with E-state index in [1.54, 1.807) is 17.9 Å². The van der Waals surface area contributed by atoms with Gasteiger partial charge < -0.3 is 25.2 Å². The first-order valence-electron chi connectivity index (χ1n) is 10.0. The van der Waals surface area contributed by atoms with Crippen molar-refractivity contribution < 1.29 is 32.9 Å². The molecule has 0 aliphatic carbocycles. The fourth-order valence-electron chi connectivity index (χ4n) is 3.23. The van der Waals surface area contributed by atoms with Gasteiger partial charge in [0.05, 0.1) is 30.7 Å². The smallest absolute Gasteiger partial charge is 0.419 e. The highest BCUT2D eigenvalue weighted by molar-refractivity contribution is 6.31. The van der Waals surface area contributed by atoms with E-state index in [-0.39, 0.29) is 28.9 Å². The average Bonchev–Trinajstić information content (AvgIpc) is 2.78. The van der Waals surface area contributed by atoms with Crippen molar-refractivity contribution in [3.8, 4) is 5.75 Å². The summed E-state index contributed by atoms with van der Waals surface area (Å²) < 4.78 is 44.4. The molecule has 1 aliphatic heterocycles. The molecule has 1 atom stereocenters. The van der Waals surface area contributed by atoms with Gasteiger partial charge in [-0.05, 0) is 25.5 Å². The molecule has 2 heterocycles. The zero-order valence-electron chi connectivity index (χ0n) is 17.6. The molecule has 1 amide bonds. The summed E-state index contributed by atoms with van der Waals surface area (Å²) in [4.78, 5) is 22.6. The highest BCUT2D eigenvalue weighted by Gasteiger charge is 2.34. The third kappa shape index (κ3) is 5.92. The van der Waals surface area contributed by atoms with E-state index in [1.165, 1.54) is 12.3 Å².